The zero-order valence-corrected chi connectivity index (χ0v) is 16.7. The van der Waals surface area contributed by atoms with Crippen LogP contribution in [-0.2, 0) is 6.54 Å². The molecule has 7 heteroatoms. The molecule has 0 saturated heterocycles. The second kappa shape index (κ2) is 8.47. The molecule has 4 rings (SSSR count). The van der Waals surface area contributed by atoms with Crippen molar-refractivity contribution in [2.75, 3.05) is 0 Å². The first-order valence-electron chi connectivity index (χ1n) is 8.87. The Kier molecular flexibility index (Phi) is 5.60. The molecule has 0 aliphatic carbocycles. The Labute approximate surface area is 177 Å². The zero-order valence-electron chi connectivity index (χ0n) is 15.2. The lowest BCUT2D eigenvalue weighted by Crippen LogP contribution is -2.17. The van der Waals surface area contributed by atoms with Gasteiger partial charge in [-0.2, -0.15) is 5.10 Å². The van der Waals surface area contributed by atoms with Crippen LogP contribution in [0.25, 0.3) is 10.9 Å². The van der Waals surface area contributed by atoms with Crippen molar-refractivity contribution in [1.82, 2.24) is 15.0 Å². The van der Waals surface area contributed by atoms with Gasteiger partial charge < -0.3 is 4.57 Å². The van der Waals surface area contributed by atoms with Crippen LogP contribution in [0.1, 0.15) is 21.5 Å². The molecule has 0 radical (unpaired) electrons. The van der Waals surface area contributed by atoms with Gasteiger partial charge in [-0.15, -0.1) is 0 Å². The number of carbonyl (C=O) groups excluding carboxylic acids is 1. The third-order valence-corrected chi connectivity index (χ3v) is 5.06. The van der Waals surface area contributed by atoms with Crippen LogP contribution in [0.2, 0.25) is 10.0 Å². The summed E-state index contributed by atoms with van der Waals surface area (Å²) in [4.78, 5) is 16.0. The fourth-order valence-electron chi connectivity index (χ4n) is 3.06. The number of fused-ring (bicyclic) bond motifs is 1. The molecular formula is C22H16Cl2N4O. The summed E-state index contributed by atoms with van der Waals surface area (Å²) in [5, 5.41) is 6.36. The Balaban J connectivity index is 1.59. The maximum atomic E-state index is 12.1. The van der Waals surface area contributed by atoms with Gasteiger partial charge in [0.1, 0.15) is 0 Å². The van der Waals surface area contributed by atoms with Crippen molar-refractivity contribution in [3.63, 3.8) is 0 Å². The van der Waals surface area contributed by atoms with Gasteiger partial charge in [-0.05, 0) is 35.9 Å². The SMILES string of the molecule is O=C(N/N=C/c1cn(Cc2ccc(Cl)cc2Cl)c2ccccc12)c1cccnc1. The van der Waals surface area contributed by atoms with E-state index in [-0.39, 0.29) is 5.91 Å². The number of hydrogen-bond acceptors (Lipinski definition) is 3. The average Bonchev–Trinajstić information content (AvgIpc) is 3.08. The van der Waals surface area contributed by atoms with Crippen molar-refractivity contribution in [3.05, 3.63) is 99.9 Å². The Morgan fingerprint density at radius 1 is 1.14 bits per heavy atom. The predicted molar refractivity (Wildman–Crippen MR) is 117 cm³/mol. The van der Waals surface area contributed by atoms with Crippen LogP contribution in [0.4, 0.5) is 0 Å². The lowest BCUT2D eigenvalue weighted by Gasteiger charge is -2.08. The number of nitrogens with zero attached hydrogens (tertiary/aromatic N) is 3. The van der Waals surface area contributed by atoms with Crippen molar-refractivity contribution in [1.29, 1.82) is 0 Å². The Hall–Kier alpha value is -3.15. The van der Waals surface area contributed by atoms with Gasteiger partial charge >= 0.3 is 0 Å². The highest BCUT2D eigenvalue weighted by Crippen LogP contribution is 2.25. The molecule has 4 aromatic rings. The fourth-order valence-corrected chi connectivity index (χ4v) is 3.53. The molecule has 0 spiro atoms. The molecule has 2 aromatic carbocycles. The molecule has 2 aromatic heterocycles. The molecule has 1 amide bonds. The van der Waals surface area contributed by atoms with Crippen LogP contribution in [0.5, 0.6) is 0 Å². The molecule has 0 bridgehead atoms. The summed E-state index contributed by atoms with van der Waals surface area (Å²) in [6.07, 6.45) is 6.72. The average molecular weight is 423 g/mol. The van der Waals surface area contributed by atoms with Crippen molar-refractivity contribution in [2.24, 2.45) is 5.10 Å². The third-order valence-electron chi connectivity index (χ3n) is 4.47. The van der Waals surface area contributed by atoms with Gasteiger partial charge in [0.05, 0.1) is 11.8 Å². The minimum absolute atomic E-state index is 0.314. The molecule has 0 saturated carbocycles. The predicted octanol–water partition coefficient (Wildman–Crippen LogP) is 5.16. The number of benzene rings is 2. The number of hydrazone groups is 1. The van der Waals surface area contributed by atoms with E-state index in [1.807, 2.05) is 42.6 Å². The summed E-state index contributed by atoms with van der Waals surface area (Å²) in [5.41, 5.74) is 5.87. The molecular weight excluding hydrogens is 407 g/mol. The highest BCUT2D eigenvalue weighted by molar-refractivity contribution is 6.35. The molecule has 0 unspecified atom stereocenters. The number of nitrogens with one attached hydrogen (secondary N) is 1. The first kappa shape index (κ1) is 19.2. The molecule has 0 fully saturated rings. The summed E-state index contributed by atoms with van der Waals surface area (Å²) < 4.78 is 2.09. The zero-order chi connectivity index (χ0) is 20.2. The van der Waals surface area contributed by atoms with Gasteiger partial charge in [0.25, 0.3) is 5.91 Å². The molecule has 0 atom stereocenters. The number of para-hydroxylation sites is 1. The summed E-state index contributed by atoms with van der Waals surface area (Å²) in [5.74, 6) is -0.314. The van der Waals surface area contributed by atoms with Crippen LogP contribution >= 0.6 is 23.2 Å². The first-order valence-corrected chi connectivity index (χ1v) is 9.62. The molecule has 144 valence electrons. The van der Waals surface area contributed by atoms with E-state index < -0.39 is 0 Å². The van der Waals surface area contributed by atoms with Crippen LogP contribution in [0.3, 0.4) is 0 Å². The fraction of sp³-hybridized carbons (Fsp3) is 0.0455. The van der Waals surface area contributed by atoms with Gasteiger partial charge in [-0.25, -0.2) is 5.43 Å². The summed E-state index contributed by atoms with van der Waals surface area (Å²) in [6, 6.07) is 16.9. The molecule has 5 nitrogen and oxygen atoms in total. The topological polar surface area (TPSA) is 59.3 Å². The van der Waals surface area contributed by atoms with E-state index in [1.54, 1.807) is 30.6 Å². The van der Waals surface area contributed by atoms with Gasteiger partial charge in [-0.1, -0.05) is 47.5 Å². The molecule has 0 aliphatic rings. The first-order chi connectivity index (χ1) is 14.1. The number of pyridine rings is 1. The van der Waals surface area contributed by atoms with Crippen molar-refractivity contribution in [2.45, 2.75) is 6.54 Å². The van der Waals surface area contributed by atoms with Crippen molar-refractivity contribution < 1.29 is 4.79 Å². The number of amides is 1. The molecule has 2 heterocycles. The van der Waals surface area contributed by atoms with E-state index in [2.05, 4.69) is 20.1 Å². The monoisotopic (exact) mass is 422 g/mol. The van der Waals surface area contributed by atoms with Gasteiger partial charge in [0.2, 0.25) is 0 Å². The van der Waals surface area contributed by atoms with Crippen molar-refractivity contribution >= 4 is 46.2 Å². The van der Waals surface area contributed by atoms with Gasteiger partial charge in [-0.3, -0.25) is 9.78 Å². The lowest BCUT2D eigenvalue weighted by atomic mass is 10.2. The number of halogens is 2. The highest BCUT2D eigenvalue weighted by atomic mass is 35.5. The Bertz CT molecular complexity index is 1200. The largest absolute Gasteiger partial charge is 0.342 e. The van der Waals surface area contributed by atoms with E-state index in [9.17, 15) is 4.79 Å². The Morgan fingerprint density at radius 2 is 2.00 bits per heavy atom. The summed E-state index contributed by atoms with van der Waals surface area (Å²) in [7, 11) is 0. The highest BCUT2D eigenvalue weighted by Gasteiger charge is 2.10. The number of aromatic nitrogens is 2. The maximum absolute atomic E-state index is 12.1. The van der Waals surface area contributed by atoms with Gasteiger partial charge in [0.15, 0.2) is 0 Å². The minimum atomic E-state index is -0.314. The van der Waals surface area contributed by atoms with E-state index in [0.717, 1.165) is 22.0 Å². The smallest absolute Gasteiger partial charge is 0.272 e. The van der Waals surface area contributed by atoms with Gasteiger partial charge in [0, 0.05) is 51.6 Å². The van der Waals surface area contributed by atoms with Crippen LogP contribution in [0, 0.1) is 0 Å². The maximum Gasteiger partial charge on any atom is 0.272 e. The normalized spacial score (nSPS) is 11.2. The third kappa shape index (κ3) is 4.31. The van der Waals surface area contributed by atoms with E-state index in [0.29, 0.717) is 22.2 Å². The quantitative estimate of drug-likeness (QED) is 0.356. The van der Waals surface area contributed by atoms with E-state index in [4.69, 9.17) is 23.2 Å². The lowest BCUT2D eigenvalue weighted by molar-refractivity contribution is 0.0955. The second-order valence-corrected chi connectivity index (χ2v) is 7.25. The number of rotatable bonds is 5. The van der Waals surface area contributed by atoms with Crippen LogP contribution in [-0.4, -0.2) is 21.7 Å². The van der Waals surface area contributed by atoms with Crippen LogP contribution < -0.4 is 5.43 Å². The summed E-state index contributed by atoms with van der Waals surface area (Å²) in [6.45, 7) is 0.590. The molecule has 29 heavy (non-hydrogen) atoms. The van der Waals surface area contributed by atoms with Crippen molar-refractivity contribution in [3.8, 4) is 0 Å². The van der Waals surface area contributed by atoms with E-state index >= 15 is 0 Å². The molecule has 1 N–H and O–H groups in total. The second-order valence-electron chi connectivity index (χ2n) is 6.41. The summed E-state index contributed by atoms with van der Waals surface area (Å²) >= 11 is 12.3. The standard InChI is InChI=1S/C22H16Cl2N4O/c23-18-8-7-16(20(24)10-18)13-28-14-17(19-5-1-2-6-21(19)28)12-26-27-22(29)15-4-3-9-25-11-15/h1-12,14H,13H2,(H,27,29)/b26-12+. The Morgan fingerprint density at radius 3 is 2.79 bits per heavy atom. The molecule has 0 aliphatic heterocycles. The van der Waals surface area contributed by atoms with Crippen LogP contribution in [0.15, 0.2) is 78.3 Å². The minimum Gasteiger partial charge on any atom is -0.342 e. The van der Waals surface area contributed by atoms with E-state index in [1.165, 1.54) is 6.20 Å². The number of hydrogen-bond donors (Lipinski definition) is 1. The number of carbonyl (C=O) groups is 1.